The average Bonchev–Trinajstić information content (AvgIpc) is 2.67. The van der Waals surface area contributed by atoms with E-state index in [9.17, 15) is 0 Å². The van der Waals surface area contributed by atoms with Crippen LogP contribution in [0.1, 0.15) is 35.4 Å². The number of aliphatic imine (C=N–C) groups is 1. The van der Waals surface area contributed by atoms with Crippen molar-refractivity contribution >= 4 is 11.4 Å². The van der Waals surface area contributed by atoms with Crippen LogP contribution in [0.4, 0.5) is 5.69 Å². The minimum Gasteiger partial charge on any atom is -0.306 e. The zero-order chi connectivity index (χ0) is 18.6. The Bertz CT molecular complexity index is 849. The molecule has 136 valence electrons. The monoisotopic (exact) mass is 354 g/mol. The number of rotatable bonds is 5. The van der Waals surface area contributed by atoms with Crippen LogP contribution in [0.15, 0.2) is 89.9 Å². The Kier molecular flexibility index (Phi) is 5.17. The van der Waals surface area contributed by atoms with Gasteiger partial charge in [0, 0.05) is 17.2 Å². The van der Waals surface area contributed by atoms with E-state index in [2.05, 4.69) is 91.8 Å². The SMILES string of the molecule is CN(C)C1CC(c2ccc(N=C(c3ccccc3)c3ccccc3)cc2)C1. The number of benzene rings is 3. The van der Waals surface area contributed by atoms with Crippen LogP contribution in [-0.2, 0) is 0 Å². The smallest absolute Gasteiger partial charge is 0.0781 e. The first-order valence-corrected chi connectivity index (χ1v) is 9.66. The minimum atomic E-state index is 0.693. The summed E-state index contributed by atoms with van der Waals surface area (Å²) in [7, 11) is 4.35. The first kappa shape index (κ1) is 17.7. The van der Waals surface area contributed by atoms with Gasteiger partial charge < -0.3 is 4.90 Å². The third-order valence-corrected chi connectivity index (χ3v) is 5.54. The van der Waals surface area contributed by atoms with Crippen LogP contribution in [0.5, 0.6) is 0 Å². The normalized spacial score (nSPS) is 18.8. The van der Waals surface area contributed by atoms with Crippen LogP contribution in [-0.4, -0.2) is 30.7 Å². The second-order valence-corrected chi connectivity index (χ2v) is 7.57. The lowest BCUT2D eigenvalue weighted by Gasteiger charge is -2.40. The number of hydrogen-bond acceptors (Lipinski definition) is 2. The summed E-state index contributed by atoms with van der Waals surface area (Å²) in [4.78, 5) is 7.33. The van der Waals surface area contributed by atoms with E-state index < -0.39 is 0 Å². The molecule has 0 unspecified atom stereocenters. The largest absolute Gasteiger partial charge is 0.306 e. The molecule has 27 heavy (non-hydrogen) atoms. The summed E-state index contributed by atoms with van der Waals surface area (Å²) in [6, 6.07) is 30.4. The third-order valence-electron chi connectivity index (χ3n) is 5.54. The van der Waals surface area contributed by atoms with Gasteiger partial charge in [0.1, 0.15) is 0 Å². The molecule has 0 heterocycles. The highest BCUT2D eigenvalue weighted by atomic mass is 15.1. The van der Waals surface area contributed by atoms with E-state index in [1.807, 2.05) is 12.1 Å². The Morgan fingerprint density at radius 3 is 1.74 bits per heavy atom. The summed E-state index contributed by atoms with van der Waals surface area (Å²) in [6.45, 7) is 0. The Morgan fingerprint density at radius 1 is 0.741 bits per heavy atom. The molecule has 1 aliphatic carbocycles. The zero-order valence-corrected chi connectivity index (χ0v) is 16.0. The molecule has 0 N–H and O–H groups in total. The fourth-order valence-electron chi connectivity index (χ4n) is 3.72. The molecule has 2 heteroatoms. The van der Waals surface area contributed by atoms with E-state index >= 15 is 0 Å². The van der Waals surface area contributed by atoms with Crippen LogP contribution in [0.3, 0.4) is 0 Å². The van der Waals surface area contributed by atoms with E-state index in [-0.39, 0.29) is 0 Å². The number of nitrogens with zero attached hydrogens (tertiary/aromatic N) is 2. The van der Waals surface area contributed by atoms with Crippen molar-refractivity contribution in [2.24, 2.45) is 4.99 Å². The second kappa shape index (κ2) is 7.89. The summed E-state index contributed by atoms with van der Waals surface area (Å²) in [5.74, 6) is 0.693. The summed E-state index contributed by atoms with van der Waals surface area (Å²) >= 11 is 0. The van der Waals surface area contributed by atoms with E-state index in [0.717, 1.165) is 28.6 Å². The van der Waals surface area contributed by atoms with E-state index in [0.29, 0.717) is 5.92 Å². The van der Waals surface area contributed by atoms with Gasteiger partial charge >= 0.3 is 0 Å². The summed E-state index contributed by atoms with van der Waals surface area (Å²) in [5.41, 5.74) is 5.74. The maximum Gasteiger partial charge on any atom is 0.0781 e. The Balaban J connectivity index is 1.60. The van der Waals surface area contributed by atoms with E-state index in [1.165, 1.54) is 18.4 Å². The van der Waals surface area contributed by atoms with Crippen molar-refractivity contribution in [2.45, 2.75) is 24.8 Å². The molecule has 1 aliphatic rings. The fourth-order valence-corrected chi connectivity index (χ4v) is 3.72. The van der Waals surface area contributed by atoms with Gasteiger partial charge in [0.25, 0.3) is 0 Å². The quantitative estimate of drug-likeness (QED) is 0.540. The molecule has 2 nitrogen and oxygen atoms in total. The fraction of sp³-hybridized carbons (Fsp3) is 0.240. The molecular weight excluding hydrogens is 328 g/mol. The van der Waals surface area contributed by atoms with Crippen LogP contribution in [0.2, 0.25) is 0 Å². The lowest BCUT2D eigenvalue weighted by molar-refractivity contribution is 0.166. The van der Waals surface area contributed by atoms with Gasteiger partial charge in [0.15, 0.2) is 0 Å². The zero-order valence-electron chi connectivity index (χ0n) is 16.0. The van der Waals surface area contributed by atoms with Crippen molar-refractivity contribution in [3.8, 4) is 0 Å². The average molecular weight is 354 g/mol. The van der Waals surface area contributed by atoms with Gasteiger partial charge in [-0.05, 0) is 50.6 Å². The predicted octanol–water partition coefficient (Wildman–Crippen LogP) is 5.66. The van der Waals surface area contributed by atoms with Crippen molar-refractivity contribution in [3.05, 3.63) is 102 Å². The van der Waals surface area contributed by atoms with Crippen LogP contribution < -0.4 is 0 Å². The summed E-state index contributed by atoms with van der Waals surface area (Å²) in [6.07, 6.45) is 2.52. The van der Waals surface area contributed by atoms with E-state index in [1.54, 1.807) is 0 Å². The van der Waals surface area contributed by atoms with Crippen LogP contribution in [0, 0.1) is 0 Å². The Labute approximate surface area is 162 Å². The molecule has 1 saturated carbocycles. The van der Waals surface area contributed by atoms with Gasteiger partial charge in [-0.3, -0.25) is 0 Å². The molecule has 0 atom stereocenters. The van der Waals surface area contributed by atoms with Crippen molar-refractivity contribution in [3.63, 3.8) is 0 Å². The highest BCUT2D eigenvalue weighted by Crippen LogP contribution is 2.39. The van der Waals surface area contributed by atoms with Crippen LogP contribution in [0.25, 0.3) is 0 Å². The molecule has 0 aromatic heterocycles. The first-order chi connectivity index (χ1) is 13.2. The molecule has 0 bridgehead atoms. The lowest BCUT2D eigenvalue weighted by Crippen LogP contribution is -2.39. The predicted molar refractivity (Wildman–Crippen MR) is 114 cm³/mol. The van der Waals surface area contributed by atoms with E-state index in [4.69, 9.17) is 4.99 Å². The van der Waals surface area contributed by atoms with Crippen LogP contribution >= 0.6 is 0 Å². The molecule has 1 fully saturated rings. The van der Waals surface area contributed by atoms with Gasteiger partial charge in [0.2, 0.25) is 0 Å². The lowest BCUT2D eigenvalue weighted by atomic mass is 9.75. The minimum absolute atomic E-state index is 0.693. The van der Waals surface area contributed by atoms with Crippen molar-refractivity contribution in [2.75, 3.05) is 14.1 Å². The molecule has 0 radical (unpaired) electrons. The highest BCUT2D eigenvalue weighted by molar-refractivity contribution is 6.13. The number of hydrogen-bond donors (Lipinski definition) is 0. The molecular formula is C25H26N2. The van der Waals surface area contributed by atoms with Gasteiger partial charge in [-0.25, -0.2) is 4.99 Å². The van der Waals surface area contributed by atoms with Crippen molar-refractivity contribution in [1.29, 1.82) is 0 Å². The molecule has 3 aromatic rings. The molecule has 0 spiro atoms. The van der Waals surface area contributed by atoms with Crippen molar-refractivity contribution < 1.29 is 0 Å². The topological polar surface area (TPSA) is 15.6 Å². The maximum atomic E-state index is 4.99. The Morgan fingerprint density at radius 2 is 1.26 bits per heavy atom. The standard InChI is InChI=1S/C25H26N2/c1-27(2)24-17-22(18-24)19-13-15-23(16-14-19)26-25(20-9-5-3-6-10-20)21-11-7-4-8-12-21/h3-16,22,24H,17-18H2,1-2H3. The molecule has 0 saturated heterocycles. The van der Waals surface area contributed by atoms with Gasteiger partial charge in [-0.1, -0.05) is 72.8 Å². The molecule has 4 rings (SSSR count). The molecule has 0 aliphatic heterocycles. The third kappa shape index (κ3) is 4.01. The maximum absolute atomic E-state index is 4.99. The summed E-state index contributed by atoms with van der Waals surface area (Å²) in [5, 5.41) is 0. The second-order valence-electron chi connectivity index (χ2n) is 7.57. The van der Waals surface area contributed by atoms with Gasteiger partial charge in [-0.15, -0.1) is 0 Å². The highest BCUT2D eigenvalue weighted by Gasteiger charge is 2.31. The Hall–Kier alpha value is -2.71. The van der Waals surface area contributed by atoms with Gasteiger partial charge in [0.05, 0.1) is 11.4 Å². The summed E-state index contributed by atoms with van der Waals surface area (Å²) < 4.78 is 0. The van der Waals surface area contributed by atoms with Gasteiger partial charge in [-0.2, -0.15) is 0 Å². The molecule has 0 amide bonds. The van der Waals surface area contributed by atoms with Crippen molar-refractivity contribution in [1.82, 2.24) is 4.90 Å². The first-order valence-electron chi connectivity index (χ1n) is 9.66. The molecule has 3 aromatic carbocycles.